The summed E-state index contributed by atoms with van der Waals surface area (Å²) in [7, 11) is 0. The highest BCUT2D eigenvalue weighted by Crippen LogP contribution is 2.35. The van der Waals surface area contributed by atoms with E-state index in [2.05, 4.69) is 19.9 Å². The molecule has 0 aliphatic heterocycles. The van der Waals surface area contributed by atoms with Crippen LogP contribution in [0.1, 0.15) is 42.3 Å². The maximum Gasteiger partial charge on any atom is 0.247 e. The second-order valence-electron chi connectivity index (χ2n) is 7.62. The Morgan fingerprint density at radius 2 is 1.69 bits per heavy atom. The van der Waals surface area contributed by atoms with E-state index in [1.807, 2.05) is 26.0 Å². The van der Waals surface area contributed by atoms with E-state index >= 15 is 0 Å². The lowest BCUT2D eigenvalue weighted by atomic mass is 9.83. The average molecular weight is 386 g/mol. The molecule has 1 N–H and O–H groups in total. The molecule has 1 atom stereocenters. The molecule has 0 radical (unpaired) electrons. The molecule has 6 heteroatoms. The smallest absolute Gasteiger partial charge is 0.247 e. The first kappa shape index (κ1) is 20.3. The Morgan fingerprint density at radius 3 is 2.28 bits per heavy atom. The number of aromatic nitrogens is 2. The second kappa shape index (κ2) is 7.87. The van der Waals surface area contributed by atoms with Gasteiger partial charge < -0.3 is 9.52 Å². The highest BCUT2D eigenvalue weighted by molar-refractivity contribution is 5.59. The van der Waals surface area contributed by atoms with E-state index in [-0.39, 0.29) is 0 Å². The van der Waals surface area contributed by atoms with E-state index in [0.29, 0.717) is 29.6 Å². The van der Waals surface area contributed by atoms with Crippen LogP contribution in [0, 0.1) is 27.0 Å². The van der Waals surface area contributed by atoms with Crippen LogP contribution in [0.4, 0.5) is 11.4 Å². The minimum atomic E-state index is -1.09. The first-order valence-electron chi connectivity index (χ1n) is 9.24. The highest BCUT2D eigenvalue weighted by Gasteiger charge is 2.34. The Bertz CT molecular complexity index is 1110. The maximum atomic E-state index is 10.8. The van der Waals surface area contributed by atoms with Crippen molar-refractivity contribution in [3.8, 4) is 11.5 Å². The van der Waals surface area contributed by atoms with Crippen LogP contribution in [0.5, 0.6) is 0 Å². The van der Waals surface area contributed by atoms with Crippen molar-refractivity contribution >= 4 is 11.4 Å². The van der Waals surface area contributed by atoms with Crippen LogP contribution in [0.25, 0.3) is 21.1 Å². The van der Waals surface area contributed by atoms with Gasteiger partial charge in [0.2, 0.25) is 11.8 Å². The van der Waals surface area contributed by atoms with Crippen molar-refractivity contribution in [1.82, 2.24) is 10.2 Å². The van der Waals surface area contributed by atoms with Gasteiger partial charge in [-0.1, -0.05) is 42.0 Å². The Balaban J connectivity index is 1.95. The molecular formula is C23H22N4O2. The summed E-state index contributed by atoms with van der Waals surface area (Å²) in [6, 6.07) is 10.7. The second-order valence-corrected chi connectivity index (χ2v) is 7.62. The van der Waals surface area contributed by atoms with Crippen molar-refractivity contribution in [2.24, 2.45) is 0 Å². The Hall–Kier alpha value is -3.48. The first-order valence-corrected chi connectivity index (χ1v) is 9.24. The van der Waals surface area contributed by atoms with Gasteiger partial charge in [-0.05, 0) is 45.2 Å². The van der Waals surface area contributed by atoms with Gasteiger partial charge in [0.05, 0.1) is 24.7 Å². The molecule has 0 unspecified atom stereocenters. The lowest BCUT2D eigenvalue weighted by Crippen LogP contribution is -2.31. The van der Waals surface area contributed by atoms with Crippen molar-refractivity contribution in [2.45, 2.75) is 45.6 Å². The fourth-order valence-corrected chi connectivity index (χ4v) is 3.23. The zero-order valence-electron chi connectivity index (χ0n) is 16.9. The summed E-state index contributed by atoms with van der Waals surface area (Å²) in [5.74, 6) is 0.290. The van der Waals surface area contributed by atoms with Crippen molar-refractivity contribution in [1.29, 1.82) is 0 Å². The average Bonchev–Trinajstić information content (AvgIpc) is 3.18. The largest absolute Gasteiger partial charge is 0.420 e. The van der Waals surface area contributed by atoms with Gasteiger partial charge in [-0.2, -0.15) is 0 Å². The van der Waals surface area contributed by atoms with Gasteiger partial charge in [-0.25, -0.2) is 9.69 Å². The van der Waals surface area contributed by atoms with Gasteiger partial charge in [-0.3, -0.25) is 0 Å². The minimum absolute atomic E-state index is 0.349. The van der Waals surface area contributed by atoms with Crippen LogP contribution in [0.3, 0.4) is 0 Å². The third kappa shape index (κ3) is 4.18. The quantitative estimate of drug-likeness (QED) is 0.584. The van der Waals surface area contributed by atoms with Gasteiger partial charge in [0.15, 0.2) is 11.4 Å². The van der Waals surface area contributed by atoms with Crippen molar-refractivity contribution in [3.63, 3.8) is 0 Å². The van der Waals surface area contributed by atoms with Crippen molar-refractivity contribution in [2.75, 3.05) is 0 Å². The molecule has 6 nitrogen and oxygen atoms in total. The number of nitrogens with zero attached hydrogens (tertiary/aromatic N) is 4. The summed E-state index contributed by atoms with van der Waals surface area (Å²) >= 11 is 0. The molecule has 0 bridgehead atoms. The molecule has 0 fully saturated rings. The SMILES string of the molecule is [C-]#[N+]c1ccc(-c2nnc([C@H](Cc3ccc([N+]#[C-])c(C)c3C)C(C)(C)O)o2)cc1. The van der Waals surface area contributed by atoms with E-state index < -0.39 is 11.5 Å². The van der Waals surface area contributed by atoms with E-state index in [4.69, 9.17) is 17.6 Å². The number of hydrogen-bond acceptors (Lipinski definition) is 4. The molecule has 3 rings (SSSR count). The van der Waals surface area contributed by atoms with Crippen LogP contribution in [0.15, 0.2) is 40.8 Å². The molecular weight excluding hydrogens is 364 g/mol. The number of hydrogen-bond donors (Lipinski definition) is 1. The fourth-order valence-electron chi connectivity index (χ4n) is 3.23. The summed E-state index contributed by atoms with van der Waals surface area (Å²) in [5.41, 5.74) is 3.81. The topological polar surface area (TPSA) is 67.9 Å². The monoisotopic (exact) mass is 386 g/mol. The van der Waals surface area contributed by atoms with Crippen LogP contribution < -0.4 is 0 Å². The summed E-state index contributed by atoms with van der Waals surface area (Å²) in [6.45, 7) is 21.7. The summed E-state index contributed by atoms with van der Waals surface area (Å²) in [4.78, 5) is 6.93. The zero-order valence-corrected chi connectivity index (χ0v) is 16.9. The molecule has 0 aliphatic rings. The molecule has 2 aromatic carbocycles. The van der Waals surface area contributed by atoms with Gasteiger partial charge in [0.1, 0.15) is 0 Å². The van der Waals surface area contributed by atoms with E-state index in [1.165, 1.54) is 0 Å². The normalized spacial score (nSPS) is 12.2. The van der Waals surface area contributed by atoms with Crippen LogP contribution in [-0.4, -0.2) is 20.9 Å². The molecule has 0 saturated heterocycles. The Kier molecular flexibility index (Phi) is 5.50. The first-order chi connectivity index (χ1) is 13.7. The van der Waals surface area contributed by atoms with Crippen LogP contribution in [0.2, 0.25) is 0 Å². The molecule has 0 spiro atoms. The maximum absolute atomic E-state index is 10.8. The number of benzene rings is 2. The van der Waals surface area contributed by atoms with Gasteiger partial charge in [0, 0.05) is 5.56 Å². The van der Waals surface area contributed by atoms with Crippen LogP contribution in [-0.2, 0) is 6.42 Å². The summed E-state index contributed by atoms with van der Waals surface area (Å²) in [6.07, 6.45) is 0.507. The molecule has 1 heterocycles. The van der Waals surface area contributed by atoms with E-state index in [1.54, 1.807) is 38.1 Å². The molecule has 0 saturated carbocycles. The van der Waals surface area contributed by atoms with Crippen LogP contribution >= 0.6 is 0 Å². The van der Waals surface area contributed by atoms with Crippen molar-refractivity contribution < 1.29 is 9.52 Å². The van der Waals surface area contributed by atoms with Crippen molar-refractivity contribution in [3.05, 3.63) is 81.8 Å². The highest BCUT2D eigenvalue weighted by atomic mass is 16.4. The molecule has 146 valence electrons. The Labute approximate surface area is 170 Å². The zero-order chi connectivity index (χ0) is 21.2. The summed E-state index contributed by atoms with van der Waals surface area (Å²) in [5, 5.41) is 19.1. The van der Waals surface area contributed by atoms with E-state index in [9.17, 15) is 5.11 Å². The van der Waals surface area contributed by atoms with E-state index in [0.717, 1.165) is 22.3 Å². The molecule has 29 heavy (non-hydrogen) atoms. The minimum Gasteiger partial charge on any atom is -0.420 e. The van der Waals surface area contributed by atoms with Gasteiger partial charge in [-0.15, -0.1) is 10.2 Å². The number of aliphatic hydroxyl groups is 1. The van der Waals surface area contributed by atoms with Gasteiger partial charge >= 0.3 is 0 Å². The molecule has 1 aromatic heterocycles. The summed E-state index contributed by atoms with van der Waals surface area (Å²) < 4.78 is 5.91. The van der Waals surface area contributed by atoms with Gasteiger partial charge in [0.25, 0.3) is 0 Å². The lowest BCUT2D eigenvalue weighted by molar-refractivity contribution is 0.0403. The predicted molar refractivity (Wildman–Crippen MR) is 111 cm³/mol. The molecule has 3 aromatic rings. The Morgan fingerprint density at radius 1 is 1.00 bits per heavy atom. The predicted octanol–water partition coefficient (Wildman–Crippen LogP) is 5.55. The lowest BCUT2D eigenvalue weighted by Gasteiger charge is -2.27. The third-order valence-electron chi connectivity index (χ3n) is 5.25. The molecule has 0 amide bonds. The standard InChI is InChI=1S/C23H22N4O2/c1-14-15(2)20(25-6)12-9-17(14)13-19(23(3,4)28)22-27-26-21(29-22)16-7-10-18(24-5)11-8-16/h7-12,19,28H,13H2,1-4H3/t19-/m0/s1. The number of rotatable bonds is 5. The third-order valence-corrected chi connectivity index (χ3v) is 5.25. The molecule has 0 aliphatic carbocycles. The fraction of sp³-hybridized carbons (Fsp3) is 0.304.